The molecule has 0 bridgehead atoms. The van der Waals surface area contributed by atoms with Crippen molar-refractivity contribution in [2.45, 2.75) is 25.5 Å². The van der Waals surface area contributed by atoms with Crippen LogP contribution in [0.25, 0.3) is 11.4 Å². The first-order valence-electron chi connectivity index (χ1n) is 8.01. The van der Waals surface area contributed by atoms with Gasteiger partial charge in [-0.1, -0.05) is 23.9 Å². The number of benzene rings is 1. The Balaban J connectivity index is 1.73. The average Bonchev–Trinajstić information content (AvgIpc) is 3.25. The molecule has 0 saturated carbocycles. The molecule has 0 aliphatic carbocycles. The lowest BCUT2D eigenvalue weighted by Crippen LogP contribution is -2.14. The second-order valence-electron chi connectivity index (χ2n) is 5.47. The van der Waals surface area contributed by atoms with Crippen molar-refractivity contribution in [3.05, 3.63) is 45.5 Å². The van der Waals surface area contributed by atoms with Gasteiger partial charge in [-0.3, -0.25) is 14.9 Å². The molecule has 3 aromatic rings. The molecule has 1 aromatic carbocycles. The van der Waals surface area contributed by atoms with Gasteiger partial charge in [0.1, 0.15) is 0 Å². The molecule has 11 heteroatoms. The fourth-order valence-corrected chi connectivity index (χ4v) is 3.83. The van der Waals surface area contributed by atoms with Crippen LogP contribution in [-0.2, 0) is 11.3 Å². The van der Waals surface area contributed by atoms with Gasteiger partial charge in [-0.25, -0.2) is 4.98 Å². The summed E-state index contributed by atoms with van der Waals surface area (Å²) in [5.41, 5.74) is 0.596. The predicted octanol–water partition coefficient (Wildman–Crippen LogP) is 3.37. The van der Waals surface area contributed by atoms with Crippen LogP contribution in [0.3, 0.4) is 0 Å². The van der Waals surface area contributed by atoms with Crippen LogP contribution in [0, 0.1) is 17.0 Å². The standard InChI is InChI=1S/C16H16N6O3S2/c1-3-21-14(11-5-4-6-12(7-11)22(24)25)19-20-16(21)26-9-13(23)18-15-17-8-10(2)27-15/h4-8H,3,9H2,1-2H3,(H,17,18,23). The number of nitrogens with one attached hydrogen (secondary N) is 1. The molecule has 1 amide bonds. The maximum absolute atomic E-state index is 12.1. The van der Waals surface area contributed by atoms with Crippen molar-refractivity contribution in [3.63, 3.8) is 0 Å². The summed E-state index contributed by atoms with van der Waals surface area (Å²) < 4.78 is 1.82. The van der Waals surface area contributed by atoms with Gasteiger partial charge in [-0.15, -0.1) is 21.5 Å². The Labute approximate surface area is 163 Å². The smallest absolute Gasteiger partial charge is 0.270 e. The number of nitro groups is 1. The zero-order valence-electron chi connectivity index (χ0n) is 14.6. The number of nitro benzene ring substituents is 1. The lowest BCUT2D eigenvalue weighted by atomic mass is 10.2. The van der Waals surface area contributed by atoms with E-state index < -0.39 is 4.92 Å². The number of nitrogens with zero attached hydrogens (tertiary/aromatic N) is 5. The van der Waals surface area contributed by atoms with E-state index in [-0.39, 0.29) is 17.3 Å². The van der Waals surface area contributed by atoms with Crippen molar-refractivity contribution in [1.29, 1.82) is 0 Å². The quantitative estimate of drug-likeness (QED) is 0.364. The number of aryl methyl sites for hydroxylation is 1. The van der Waals surface area contributed by atoms with E-state index in [9.17, 15) is 14.9 Å². The zero-order chi connectivity index (χ0) is 19.4. The maximum Gasteiger partial charge on any atom is 0.270 e. The lowest BCUT2D eigenvalue weighted by molar-refractivity contribution is -0.384. The van der Waals surface area contributed by atoms with Crippen molar-refractivity contribution >= 4 is 39.8 Å². The first-order chi connectivity index (χ1) is 13.0. The number of amides is 1. The van der Waals surface area contributed by atoms with Crippen LogP contribution in [0.1, 0.15) is 11.8 Å². The predicted molar refractivity (Wildman–Crippen MR) is 104 cm³/mol. The number of carbonyl (C=O) groups is 1. The SMILES string of the molecule is CCn1c(SCC(=O)Nc2ncc(C)s2)nnc1-c1cccc([N+](=O)[O-])c1. The van der Waals surface area contributed by atoms with Crippen molar-refractivity contribution < 1.29 is 9.72 Å². The molecule has 140 valence electrons. The third-order valence-electron chi connectivity index (χ3n) is 3.55. The monoisotopic (exact) mass is 404 g/mol. The van der Waals surface area contributed by atoms with Gasteiger partial charge >= 0.3 is 0 Å². The van der Waals surface area contributed by atoms with E-state index in [0.29, 0.717) is 28.2 Å². The molecule has 0 radical (unpaired) electrons. The normalized spacial score (nSPS) is 10.7. The Morgan fingerprint density at radius 1 is 1.41 bits per heavy atom. The van der Waals surface area contributed by atoms with Crippen LogP contribution < -0.4 is 5.32 Å². The van der Waals surface area contributed by atoms with Gasteiger partial charge in [0, 0.05) is 35.3 Å². The fraction of sp³-hybridized carbons (Fsp3) is 0.250. The van der Waals surface area contributed by atoms with Crippen LogP contribution >= 0.6 is 23.1 Å². The molecule has 1 N–H and O–H groups in total. The topological polar surface area (TPSA) is 116 Å². The highest BCUT2D eigenvalue weighted by Crippen LogP contribution is 2.26. The molecule has 0 aliphatic rings. The Morgan fingerprint density at radius 3 is 2.89 bits per heavy atom. The molecule has 0 fully saturated rings. The number of hydrogen-bond donors (Lipinski definition) is 1. The second-order valence-corrected chi connectivity index (χ2v) is 7.65. The molecule has 2 aromatic heterocycles. The summed E-state index contributed by atoms with van der Waals surface area (Å²) in [6.07, 6.45) is 1.70. The van der Waals surface area contributed by atoms with Gasteiger partial charge in [0.15, 0.2) is 16.1 Å². The van der Waals surface area contributed by atoms with Crippen molar-refractivity contribution in [2.75, 3.05) is 11.1 Å². The van der Waals surface area contributed by atoms with E-state index >= 15 is 0 Å². The number of aromatic nitrogens is 4. The zero-order valence-corrected chi connectivity index (χ0v) is 16.2. The first-order valence-corrected chi connectivity index (χ1v) is 9.81. The molecule has 0 spiro atoms. The molecule has 0 unspecified atom stereocenters. The minimum atomic E-state index is -0.448. The highest BCUT2D eigenvalue weighted by Gasteiger charge is 2.17. The van der Waals surface area contributed by atoms with E-state index in [0.717, 1.165) is 4.88 Å². The third kappa shape index (κ3) is 4.49. The van der Waals surface area contributed by atoms with Crippen LogP contribution in [-0.4, -0.2) is 36.3 Å². The molecule has 3 rings (SSSR count). The van der Waals surface area contributed by atoms with Crippen LogP contribution in [0.2, 0.25) is 0 Å². The minimum absolute atomic E-state index is 0.00882. The van der Waals surface area contributed by atoms with Gasteiger partial charge < -0.3 is 9.88 Å². The average molecular weight is 404 g/mol. The Kier molecular flexibility index (Phi) is 5.81. The second kappa shape index (κ2) is 8.27. The minimum Gasteiger partial charge on any atom is -0.302 e. The van der Waals surface area contributed by atoms with E-state index in [1.807, 2.05) is 18.4 Å². The molecule has 27 heavy (non-hydrogen) atoms. The molecule has 0 atom stereocenters. The van der Waals surface area contributed by atoms with Gasteiger partial charge in [-0.05, 0) is 13.8 Å². The van der Waals surface area contributed by atoms with Crippen LogP contribution in [0.4, 0.5) is 10.8 Å². The van der Waals surface area contributed by atoms with Crippen LogP contribution in [0.15, 0.2) is 35.6 Å². The summed E-state index contributed by atoms with van der Waals surface area (Å²) >= 11 is 2.66. The summed E-state index contributed by atoms with van der Waals surface area (Å²) in [6, 6.07) is 6.24. The summed E-state index contributed by atoms with van der Waals surface area (Å²) in [4.78, 5) is 27.7. The fourth-order valence-electron chi connectivity index (χ4n) is 2.35. The summed E-state index contributed by atoms with van der Waals surface area (Å²) in [7, 11) is 0. The molecule has 2 heterocycles. The van der Waals surface area contributed by atoms with Gasteiger partial charge in [0.2, 0.25) is 5.91 Å². The van der Waals surface area contributed by atoms with E-state index in [1.165, 1.54) is 35.2 Å². The number of thioether (sulfide) groups is 1. The summed E-state index contributed by atoms with van der Waals surface area (Å²) in [5, 5.41) is 23.1. The maximum atomic E-state index is 12.1. The summed E-state index contributed by atoms with van der Waals surface area (Å²) in [6.45, 7) is 4.41. The Hall–Kier alpha value is -2.79. The molecular weight excluding hydrogens is 388 g/mol. The number of non-ortho nitro benzene ring substituents is 1. The largest absolute Gasteiger partial charge is 0.302 e. The molecule has 9 nitrogen and oxygen atoms in total. The van der Waals surface area contributed by atoms with Gasteiger partial charge in [-0.2, -0.15) is 0 Å². The Bertz CT molecular complexity index is 984. The number of anilines is 1. The highest BCUT2D eigenvalue weighted by molar-refractivity contribution is 7.99. The van der Waals surface area contributed by atoms with E-state index in [1.54, 1.807) is 18.3 Å². The number of rotatable bonds is 7. The third-order valence-corrected chi connectivity index (χ3v) is 5.34. The van der Waals surface area contributed by atoms with E-state index in [4.69, 9.17) is 0 Å². The van der Waals surface area contributed by atoms with E-state index in [2.05, 4.69) is 20.5 Å². The lowest BCUT2D eigenvalue weighted by Gasteiger charge is -2.07. The van der Waals surface area contributed by atoms with Crippen LogP contribution in [0.5, 0.6) is 0 Å². The first kappa shape index (κ1) is 19.0. The van der Waals surface area contributed by atoms with Crippen molar-refractivity contribution in [1.82, 2.24) is 19.7 Å². The van der Waals surface area contributed by atoms with Gasteiger partial charge in [0.05, 0.1) is 10.7 Å². The Morgan fingerprint density at radius 2 is 2.22 bits per heavy atom. The van der Waals surface area contributed by atoms with Crippen molar-refractivity contribution in [2.24, 2.45) is 0 Å². The highest BCUT2D eigenvalue weighted by atomic mass is 32.2. The number of thiazole rings is 1. The molecule has 0 saturated heterocycles. The summed E-state index contributed by atoms with van der Waals surface area (Å²) in [5.74, 6) is 0.502. The van der Waals surface area contributed by atoms with Gasteiger partial charge in [0.25, 0.3) is 5.69 Å². The molecular formula is C16H16N6O3S2. The van der Waals surface area contributed by atoms with Crippen molar-refractivity contribution in [3.8, 4) is 11.4 Å². The number of carbonyl (C=O) groups excluding carboxylic acids is 1. The number of hydrogen-bond acceptors (Lipinski definition) is 8. The molecule has 0 aliphatic heterocycles.